The van der Waals surface area contributed by atoms with E-state index in [2.05, 4.69) is 20.3 Å². The predicted octanol–water partition coefficient (Wildman–Crippen LogP) is 1.08. The summed E-state index contributed by atoms with van der Waals surface area (Å²) in [5.74, 6) is 0.631. The minimum Gasteiger partial charge on any atom is -0.364 e. The zero-order valence-corrected chi connectivity index (χ0v) is 11.9. The normalized spacial score (nSPS) is 11.0. The minimum atomic E-state index is -0.584. The second kappa shape index (κ2) is 5.02. The minimum absolute atomic E-state index is 0.180. The molecule has 0 atom stereocenters. The third-order valence-electron chi connectivity index (χ3n) is 3.38. The van der Waals surface area contributed by atoms with E-state index >= 15 is 0 Å². The van der Waals surface area contributed by atoms with Crippen LogP contribution in [0.25, 0.3) is 22.9 Å². The van der Waals surface area contributed by atoms with Gasteiger partial charge in [-0.3, -0.25) is 9.36 Å². The summed E-state index contributed by atoms with van der Waals surface area (Å²) >= 11 is 0. The Morgan fingerprint density at radius 3 is 2.61 bits per heavy atom. The van der Waals surface area contributed by atoms with Crippen LogP contribution in [0.4, 0.5) is 0 Å². The van der Waals surface area contributed by atoms with Gasteiger partial charge in [-0.25, -0.2) is 4.98 Å². The van der Waals surface area contributed by atoms with Crippen molar-refractivity contribution in [2.75, 3.05) is 0 Å². The first kappa shape index (κ1) is 13.1. The largest absolute Gasteiger partial charge is 0.364 e. The molecule has 1 aromatic carbocycles. The first-order valence-corrected chi connectivity index (χ1v) is 6.84. The predicted molar refractivity (Wildman–Crippen MR) is 81.9 cm³/mol. The lowest BCUT2D eigenvalue weighted by Crippen LogP contribution is -2.11. The van der Waals surface area contributed by atoms with E-state index in [4.69, 9.17) is 5.73 Å². The Morgan fingerprint density at radius 1 is 1.04 bits per heavy atom. The fourth-order valence-electron chi connectivity index (χ4n) is 2.26. The summed E-state index contributed by atoms with van der Waals surface area (Å²) < 4.78 is 3.27. The number of nitrogens with zero attached hydrogens (tertiary/aromatic N) is 6. The molecule has 0 spiro atoms. The summed E-state index contributed by atoms with van der Waals surface area (Å²) in [5, 5.41) is 12.8. The number of hydrogen-bond acceptors (Lipinski definition) is 5. The van der Waals surface area contributed by atoms with E-state index in [9.17, 15) is 4.79 Å². The number of rotatable bonds is 3. The fourth-order valence-corrected chi connectivity index (χ4v) is 2.26. The monoisotopic (exact) mass is 305 g/mol. The maximum absolute atomic E-state index is 11.2. The van der Waals surface area contributed by atoms with Gasteiger partial charge in [0.2, 0.25) is 0 Å². The molecule has 0 unspecified atom stereocenters. The lowest BCUT2D eigenvalue weighted by molar-refractivity contribution is 0.0996. The first-order chi connectivity index (χ1) is 11.2. The van der Waals surface area contributed by atoms with E-state index in [1.54, 1.807) is 21.2 Å². The molecule has 3 heterocycles. The van der Waals surface area contributed by atoms with Gasteiger partial charge in [0.1, 0.15) is 12.0 Å². The highest BCUT2D eigenvalue weighted by molar-refractivity contribution is 5.90. The first-order valence-electron chi connectivity index (χ1n) is 6.84. The van der Waals surface area contributed by atoms with Gasteiger partial charge in [-0.1, -0.05) is 30.3 Å². The summed E-state index contributed by atoms with van der Waals surface area (Å²) in [5.41, 5.74) is 6.94. The number of imidazole rings is 1. The highest BCUT2D eigenvalue weighted by Gasteiger charge is 2.11. The lowest BCUT2D eigenvalue weighted by Gasteiger charge is -2.03. The number of carbonyl (C=O) groups excluding carboxylic acids is 1. The summed E-state index contributed by atoms with van der Waals surface area (Å²) in [4.78, 5) is 15.1. The molecule has 8 nitrogen and oxygen atoms in total. The van der Waals surface area contributed by atoms with E-state index in [-0.39, 0.29) is 5.69 Å². The van der Waals surface area contributed by atoms with Crippen LogP contribution in [0.1, 0.15) is 10.5 Å². The van der Waals surface area contributed by atoms with Crippen molar-refractivity contribution >= 4 is 11.6 Å². The standard InChI is InChI=1S/C15H11N7O/c16-14(23)11-8-21(9-17-11)13-7-6-12-18-19-15(22(12)20-13)10-4-2-1-3-5-10/h1-9H,(H2,16,23). The Morgan fingerprint density at radius 2 is 1.87 bits per heavy atom. The highest BCUT2D eigenvalue weighted by atomic mass is 16.1. The average Bonchev–Trinajstić information content (AvgIpc) is 3.22. The molecule has 1 amide bonds. The topological polar surface area (TPSA) is 104 Å². The van der Waals surface area contributed by atoms with Crippen LogP contribution in [0.2, 0.25) is 0 Å². The zero-order chi connectivity index (χ0) is 15.8. The fraction of sp³-hybridized carbons (Fsp3) is 0. The van der Waals surface area contributed by atoms with Crippen LogP contribution in [-0.2, 0) is 0 Å². The maximum atomic E-state index is 11.2. The molecule has 112 valence electrons. The van der Waals surface area contributed by atoms with Crippen LogP contribution < -0.4 is 5.73 Å². The Bertz CT molecular complexity index is 1000. The maximum Gasteiger partial charge on any atom is 0.268 e. The van der Waals surface area contributed by atoms with Crippen LogP contribution in [0.15, 0.2) is 55.0 Å². The molecule has 3 aromatic heterocycles. The number of fused-ring (bicyclic) bond motifs is 1. The van der Waals surface area contributed by atoms with Gasteiger partial charge in [0.25, 0.3) is 5.91 Å². The molecule has 4 aromatic rings. The number of primary amides is 1. The van der Waals surface area contributed by atoms with Gasteiger partial charge >= 0.3 is 0 Å². The molecule has 0 aliphatic rings. The third kappa shape index (κ3) is 2.22. The van der Waals surface area contributed by atoms with Gasteiger partial charge in [-0.2, -0.15) is 4.52 Å². The quantitative estimate of drug-likeness (QED) is 0.610. The van der Waals surface area contributed by atoms with Crippen LogP contribution in [0, 0.1) is 0 Å². The smallest absolute Gasteiger partial charge is 0.268 e. The lowest BCUT2D eigenvalue weighted by atomic mass is 10.2. The average molecular weight is 305 g/mol. The molecule has 2 N–H and O–H groups in total. The molecular formula is C15H11N7O. The van der Waals surface area contributed by atoms with Crippen molar-refractivity contribution in [3.05, 3.63) is 60.7 Å². The van der Waals surface area contributed by atoms with Crippen molar-refractivity contribution in [1.29, 1.82) is 0 Å². The Hall–Kier alpha value is -3.55. The van der Waals surface area contributed by atoms with Gasteiger partial charge < -0.3 is 5.73 Å². The third-order valence-corrected chi connectivity index (χ3v) is 3.38. The molecule has 0 fully saturated rings. The SMILES string of the molecule is NC(=O)c1cn(-c2ccc3nnc(-c4ccccc4)n3n2)cn1. The van der Waals surface area contributed by atoms with Crippen molar-refractivity contribution in [2.24, 2.45) is 5.73 Å². The molecule has 0 aliphatic carbocycles. The Balaban J connectivity index is 1.85. The van der Waals surface area contributed by atoms with E-state index in [0.29, 0.717) is 17.3 Å². The molecular weight excluding hydrogens is 294 g/mol. The van der Waals surface area contributed by atoms with Gasteiger partial charge in [-0.05, 0) is 12.1 Å². The molecule has 0 radical (unpaired) electrons. The van der Waals surface area contributed by atoms with Crippen molar-refractivity contribution in [1.82, 2.24) is 29.4 Å². The van der Waals surface area contributed by atoms with E-state index in [1.807, 2.05) is 30.3 Å². The molecule has 0 aliphatic heterocycles. The van der Waals surface area contributed by atoms with Crippen LogP contribution >= 0.6 is 0 Å². The van der Waals surface area contributed by atoms with Crippen molar-refractivity contribution in [3.63, 3.8) is 0 Å². The van der Waals surface area contributed by atoms with Crippen molar-refractivity contribution in [3.8, 4) is 17.2 Å². The highest BCUT2D eigenvalue weighted by Crippen LogP contribution is 2.17. The number of hydrogen-bond donors (Lipinski definition) is 1. The molecule has 4 rings (SSSR count). The Labute approximate surface area is 130 Å². The van der Waals surface area contributed by atoms with Gasteiger partial charge in [-0.15, -0.1) is 15.3 Å². The second-order valence-electron chi connectivity index (χ2n) is 4.88. The molecule has 8 heteroatoms. The number of benzene rings is 1. The van der Waals surface area contributed by atoms with E-state index in [1.165, 1.54) is 12.5 Å². The summed E-state index contributed by atoms with van der Waals surface area (Å²) in [6, 6.07) is 13.2. The molecule has 23 heavy (non-hydrogen) atoms. The van der Waals surface area contributed by atoms with E-state index < -0.39 is 5.91 Å². The van der Waals surface area contributed by atoms with Crippen LogP contribution in [0.3, 0.4) is 0 Å². The number of amides is 1. The summed E-state index contributed by atoms with van der Waals surface area (Å²) in [6.07, 6.45) is 3.02. The Kier molecular flexibility index (Phi) is 2.87. The molecule has 0 bridgehead atoms. The number of aromatic nitrogens is 6. The second-order valence-corrected chi connectivity index (χ2v) is 4.88. The zero-order valence-electron chi connectivity index (χ0n) is 11.9. The van der Waals surface area contributed by atoms with Gasteiger partial charge in [0, 0.05) is 11.8 Å². The molecule has 0 saturated heterocycles. The van der Waals surface area contributed by atoms with Crippen molar-refractivity contribution in [2.45, 2.75) is 0 Å². The van der Waals surface area contributed by atoms with Crippen molar-refractivity contribution < 1.29 is 4.79 Å². The van der Waals surface area contributed by atoms with Gasteiger partial charge in [0.05, 0.1) is 0 Å². The molecule has 0 saturated carbocycles. The van der Waals surface area contributed by atoms with Crippen LogP contribution in [0.5, 0.6) is 0 Å². The van der Waals surface area contributed by atoms with Gasteiger partial charge in [0.15, 0.2) is 17.3 Å². The summed E-state index contributed by atoms with van der Waals surface area (Å²) in [7, 11) is 0. The number of nitrogens with two attached hydrogens (primary N) is 1. The summed E-state index contributed by atoms with van der Waals surface area (Å²) in [6.45, 7) is 0. The number of carbonyl (C=O) groups is 1. The van der Waals surface area contributed by atoms with Crippen LogP contribution in [-0.4, -0.2) is 35.3 Å². The van der Waals surface area contributed by atoms with E-state index in [0.717, 1.165) is 5.56 Å².